The smallest absolute Gasteiger partial charge is 0.165 e. The van der Waals surface area contributed by atoms with Gasteiger partial charge in [0.25, 0.3) is 0 Å². The van der Waals surface area contributed by atoms with E-state index in [4.69, 9.17) is 4.74 Å². The fourth-order valence-corrected chi connectivity index (χ4v) is 2.13. The standard InChI is InChI=1S/C13H16BrN3O/c1-3-17-9-12(8-16-17)18-11-5-4-10(7-15-2)13(14)6-11/h4-6,8-9,15H,3,7H2,1-2H3. The molecule has 4 nitrogen and oxygen atoms in total. The third kappa shape index (κ3) is 3.11. The minimum absolute atomic E-state index is 0.755. The van der Waals surface area contributed by atoms with Gasteiger partial charge in [-0.1, -0.05) is 22.0 Å². The minimum atomic E-state index is 0.755. The molecule has 1 N–H and O–H groups in total. The first kappa shape index (κ1) is 13.1. The van der Waals surface area contributed by atoms with Crippen LogP contribution < -0.4 is 10.1 Å². The molecule has 0 atom stereocenters. The molecule has 0 amide bonds. The summed E-state index contributed by atoms with van der Waals surface area (Å²) in [7, 11) is 1.93. The van der Waals surface area contributed by atoms with Crippen molar-refractivity contribution in [1.82, 2.24) is 15.1 Å². The molecule has 0 spiro atoms. The lowest BCUT2D eigenvalue weighted by Gasteiger charge is -2.07. The van der Waals surface area contributed by atoms with Crippen molar-refractivity contribution >= 4 is 15.9 Å². The highest BCUT2D eigenvalue weighted by Gasteiger charge is 2.04. The highest BCUT2D eigenvalue weighted by atomic mass is 79.9. The summed E-state index contributed by atoms with van der Waals surface area (Å²) in [6, 6.07) is 5.97. The largest absolute Gasteiger partial charge is 0.454 e. The van der Waals surface area contributed by atoms with Crippen LogP contribution in [0, 0.1) is 0 Å². The van der Waals surface area contributed by atoms with Gasteiger partial charge in [-0.2, -0.15) is 5.10 Å². The number of rotatable bonds is 5. The molecule has 2 rings (SSSR count). The van der Waals surface area contributed by atoms with Crippen molar-refractivity contribution < 1.29 is 4.74 Å². The van der Waals surface area contributed by atoms with Crippen LogP contribution in [0.3, 0.4) is 0 Å². The van der Waals surface area contributed by atoms with Gasteiger partial charge < -0.3 is 10.1 Å². The Labute approximate surface area is 115 Å². The normalized spacial score (nSPS) is 10.6. The van der Waals surface area contributed by atoms with E-state index in [1.807, 2.05) is 43.0 Å². The number of hydrogen-bond acceptors (Lipinski definition) is 3. The van der Waals surface area contributed by atoms with Crippen LogP contribution in [-0.4, -0.2) is 16.8 Å². The van der Waals surface area contributed by atoms with Crippen LogP contribution in [0.15, 0.2) is 35.1 Å². The lowest BCUT2D eigenvalue weighted by atomic mass is 10.2. The topological polar surface area (TPSA) is 39.1 Å². The zero-order chi connectivity index (χ0) is 13.0. The molecule has 0 aliphatic carbocycles. The molecule has 0 radical (unpaired) electrons. The van der Waals surface area contributed by atoms with E-state index in [1.54, 1.807) is 6.20 Å². The molecular formula is C13H16BrN3O. The third-order valence-electron chi connectivity index (χ3n) is 2.56. The molecule has 0 bridgehead atoms. The number of nitrogens with zero attached hydrogens (tertiary/aromatic N) is 2. The van der Waals surface area contributed by atoms with E-state index in [-0.39, 0.29) is 0 Å². The monoisotopic (exact) mass is 309 g/mol. The molecule has 0 fully saturated rings. The molecule has 0 aliphatic rings. The summed E-state index contributed by atoms with van der Waals surface area (Å²) in [5.74, 6) is 1.56. The van der Waals surface area contributed by atoms with Crippen molar-refractivity contribution in [2.24, 2.45) is 0 Å². The van der Waals surface area contributed by atoms with Gasteiger partial charge in [0.05, 0.1) is 12.4 Å². The first-order valence-electron chi connectivity index (χ1n) is 5.86. The fourth-order valence-electron chi connectivity index (χ4n) is 1.63. The number of nitrogens with one attached hydrogen (secondary N) is 1. The van der Waals surface area contributed by atoms with E-state index >= 15 is 0 Å². The second-order valence-electron chi connectivity index (χ2n) is 3.92. The Hall–Kier alpha value is -1.33. The Morgan fingerprint density at radius 3 is 2.83 bits per heavy atom. The maximum atomic E-state index is 5.74. The SMILES string of the molecule is CCn1cc(Oc2ccc(CNC)c(Br)c2)cn1. The van der Waals surface area contributed by atoms with E-state index in [2.05, 4.69) is 26.3 Å². The summed E-state index contributed by atoms with van der Waals surface area (Å²) in [5, 5.41) is 7.29. The molecule has 0 aliphatic heterocycles. The second kappa shape index (κ2) is 6.02. The quantitative estimate of drug-likeness (QED) is 0.922. The number of aromatic nitrogens is 2. The lowest BCUT2D eigenvalue weighted by Crippen LogP contribution is -2.05. The molecule has 2 aromatic rings. The molecular weight excluding hydrogens is 294 g/mol. The van der Waals surface area contributed by atoms with Crippen LogP contribution in [-0.2, 0) is 13.1 Å². The van der Waals surface area contributed by atoms with Crippen LogP contribution in [0.1, 0.15) is 12.5 Å². The molecule has 5 heteroatoms. The predicted molar refractivity (Wildman–Crippen MR) is 74.9 cm³/mol. The zero-order valence-electron chi connectivity index (χ0n) is 10.5. The average molecular weight is 310 g/mol. The van der Waals surface area contributed by atoms with Crippen molar-refractivity contribution in [1.29, 1.82) is 0 Å². The van der Waals surface area contributed by atoms with Gasteiger partial charge >= 0.3 is 0 Å². The Balaban J connectivity index is 2.12. The van der Waals surface area contributed by atoms with Gasteiger partial charge in [0.15, 0.2) is 5.75 Å². The van der Waals surface area contributed by atoms with E-state index < -0.39 is 0 Å². The van der Waals surface area contributed by atoms with Crippen LogP contribution in [0.2, 0.25) is 0 Å². The third-order valence-corrected chi connectivity index (χ3v) is 3.30. The number of aryl methyl sites for hydroxylation is 1. The van der Waals surface area contributed by atoms with Gasteiger partial charge in [-0.05, 0) is 31.7 Å². The first-order chi connectivity index (χ1) is 8.72. The number of hydrogen-bond donors (Lipinski definition) is 1. The molecule has 1 heterocycles. The van der Waals surface area contributed by atoms with Crippen LogP contribution in [0.25, 0.3) is 0 Å². The molecule has 1 aromatic heterocycles. The van der Waals surface area contributed by atoms with Gasteiger partial charge in [0, 0.05) is 17.6 Å². The van der Waals surface area contributed by atoms with E-state index in [0.29, 0.717) is 0 Å². The van der Waals surface area contributed by atoms with Gasteiger partial charge in [-0.25, -0.2) is 0 Å². The first-order valence-corrected chi connectivity index (χ1v) is 6.65. The predicted octanol–water partition coefficient (Wildman–Crippen LogP) is 3.18. The average Bonchev–Trinajstić information content (AvgIpc) is 2.80. The minimum Gasteiger partial charge on any atom is -0.454 e. The van der Waals surface area contributed by atoms with Crippen molar-refractivity contribution in [2.75, 3.05) is 7.05 Å². The summed E-state index contributed by atoms with van der Waals surface area (Å²) in [4.78, 5) is 0. The van der Waals surface area contributed by atoms with Crippen molar-refractivity contribution in [3.63, 3.8) is 0 Å². The van der Waals surface area contributed by atoms with Crippen LogP contribution in [0.5, 0.6) is 11.5 Å². The molecule has 0 saturated carbocycles. The highest BCUT2D eigenvalue weighted by Crippen LogP contribution is 2.26. The molecule has 18 heavy (non-hydrogen) atoms. The number of halogens is 1. The van der Waals surface area contributed by atoms with Crippen molar-refractivity contribution in [3.05, 3.63) is 40.6 Å². The molecule has 0 unspecified atom stereocenters. The Morgan fingerprint density at radius 2 is 2.22 bits per heavy atom. The Kier molecular flexibility index (Phi) is 4.38. The Morgan fingerprint density at radius 1 is 1.39 bits per heavy atom. The fraction of sp³-hybridized carbons (Fsp3) is 0.308. The van der Waals surface area contributed by atoms with Crippen LogP contribution in [0.4, 0.5) is 0 Å². The summed E-state index contributed by atoms with van der Waals surface area (Å²) >= 11 is 3.54. The lowest BCUT2D eigenvalue weighted by molar-refractivity contribution is 0.480. The van der Waals surface area contributed by atoms with Crippen molar-refractivity contribution in [2.45, 2.75) is 20.0 Å². The van der Waals surface area contributed by atoms with Crippen molar-refractivity contribution in [3.8, 4) is 11.5 Å². The molecule has 96 valence electrons. The molecule has 0 saturated heterocycles. The maximum Gasteiger partial charge on any atom is 0.165 e. The summed E-state index contributed by atoms with van der Waals surface area (Å²) in [6.07, 6.45) is 3.61. The summed E-state index contributed by atoms with van der Waals surface area (Å²) in [5.41, 5.74) is 1.20. The Bertz CT molecular complexity index is 525. The van der Waals surface area contributed by atoms with Gasteiger partial charge in [-0.3, -0.25) is 4.68 Å². The summed E-state index contributed by atoms with van der Waals surface area (Å²) in [6.45, 7) is 3.71. The number of benzene rings is 1. The second-order valence-corrected chi connectivity index (χ2v) is 4.77. The van der Waals surface area contributed by atoms with Gasteiger partial charge in [0.2, 0.25) is 0 Å². The zero-order valence-corrected chi connectivity index (χ0v) is 12.1. The maximum absolute atomic E-state index is 5.74. The number of ether oxygens (including phenoxy) is 1. The van der Waals surface area contributed by atoms with Gasteiger partial charge in [0.1, 0.15) is 5.75 Å². The van der Waals surface area contributed by atoms with Gasteiger partial charge in [-0.15, -0.1) is 0 Å². The van der Waals surface area contributed by atoms with E-state index in [9.17, 15) is 0 Å². The van der Waals surface area contributed by atoms with E-state index in [1.165, 1.54) is 5.56 Å². The highest BCUT2D eigenvalue weighted by molar-refractivity contribution is 9.10. The van der Waals surface area contributed by atoms with E-state index in [0.717, 1.165) is 29.1 Å². The summed E-state index contributed by atoms with van der Waals surface area (Å²) < 4.78 is 8.61. The molecule has 1 aromatic carbocycles. The van der Waals surface area contributed by atoms with Crippen LogP contribution >= 0.6 is 15.9 Å².